The van der Waals surface area contributed by atoms with Gasteiger partial charge in [-0.05, 0) is 38.2 Å². The summed E-state index contributed by atoms with van der Waals surface area (Å²) in [4.78, 5) is 14.9. The molecule has 2 aromatic rings. The van der Waals surface area contributed by atoms with E-state index in [1.54, 1.807) is 7.11 Å². The number of carbonyl (C=O) groups is 1. The number of halogens is 1. The van der Waals surface area contributed by atoms with Gasteiger partial charge in [0.15, 0.2) is 5.78 Å². The van der Waals surface area contributed by atoms with E-state index in [0.717, 1.165) is 13.0 Å². The molecule has 0 bridgehead atoms. The SMILES string of the molecule is COc1cccc(C(=O)[C@@H](Cc2ccccc2)CN(C)C)c1.Cl. The molecule has 0 saturated carbocycles. The van der Waals surface area contributed by atoms with E-state index >= 15 is 0 Å². The van der Waals surface area contributed by atoms with E-state index in [0.29, 0.717) is 11.3 Å². The van der Waals surface area contributed by atoms with Gasteiger partial charge in [-0.3, -0.25) is 4.79 Å². The van der Waals surface area contributed by atoms with Crippen LogP contribution in [0.15, 0.2) is 54.6 Å². The highest BCUT2D eigenvalue weighted by Gasteiger charge is 2.21. The Bertz CT molecular complexity index is 614. The molecule has 0 amide bonds. The molecule has 0 saturated heterocycles. The molecule has 0 aliphatic heterocycles. The van der Waals surface area contributed by atoms with Crippen molar-refractivity contribution in [2.45, 2.75) is 6.42 Å². The second-order valence-electron chi connectivity index (χ2n) is 5.75. The Balaban J connectivity index is 0.00000264. The lowest BCUT2D eigenvalue weighted by Crippen LogP contribution is -2.29. The smallest absolute Gasteiger partial charge is 0.167 e. The third-order valence-electron chi connectivity index (χ3n) is 3.64. The highest BCUT2D eigenvalue weighted by molar-refractivity contribution is 5.98. The van der Waals surface area contributed by atoms with Crippen LogP contribution >= 0.6 is 12.4 Å². The molecule has 0 heterocycles. The Morgan fingerprint density at radius 1 is 1.09 bits per heavy atom. The minimum atomic E-state index is -0.0653. The quantitative estimate of drug-likeness (QED) is 0.723. The van der Waals surface area contributed by atoms with Crippen LogP contribution in [0.1, 0.15) is 15.9 Å². The van der Waals surface area contributed by atoms with Crippen LogP contribution < -0.4 is 4.74 Å². The van der Waals surface area contributed by atoms with Gasteiger partial charge in [0, 0.05) is 18.0 Å². The van der Waals surface area contributed by atoms with Gasteiger partial charge in [0.25, 0.3) is 0 Å². The van der Waals surface area contributed by atoms with Crippen molar-refractivity contribution in [2.24, 2.45) is 5.92 Å². The molecular weight excluding hydrogens is 310 g/mol. The predicted octanol–water partition coefficient (Wildman–Crippen LogP) is 3.72. The number of hydrogen-bond donors (Lipinski definition) is 0. The Hall–Kier alpha value is -1.84. The monoisotopic (exact) mass is 333 g/mol. The first-order valence-electron chi connectivity index (χ1n) is 7.47. The molecule has 0 unspecified atom stereocenters. The fraction of sp³-hybridized carbons (Fsp3) is 0.316. The first-order valence-corrected chi connectivity index (χ1v) is 7.47. The zero-order chi connectivity index (χ0) is 15.9. The number of nitrogens with zero attached hydrogens (tertiary/aromatic N) is 1. The molecule has 23 heavy (non-hydrogen) atoms. The summed E-state index contributed by atoms with van der Waals surface area (Å²) in [7, 11) is 5.61. The van der Waals surface area contributed by atoms with Gasteiger partial charge in [-0.1, -0.05) is 42.5 Å². The number of Topliss-reactive ketones (excluding diaryl/α,β-unsaturated/α-hetero) is 1. The number of carbonyl (C=O) groups excluding carboxylic acids is 1. The number of ketones is 1. The van der Waals surface area contributed by atoms with Crippen molar-refractivity contribution in [2.75, 3.05) is 27.7 Å². The van der Waals surface area contributed by atoms with Crippen molar-refractivity contribution in [3.05, 3.63) is 65.7 Å². The van der Waals surface area contributed by atoms with Gasteiger partial charge in [-0.2, -0.15) is 0 Å². The molecule has 1 atom stereocenters. The molecule has 0 N–H and O–H groups in total. The van der Waals surface area contributed by atoms with Crippen LogP contribution in [0.25, 0.3) is 0 Å². The van der Waals surface area contributed by atoms with Gasteiger partial charge in [0.1, 0.15) is 5.75 Å². The maximum Gasteiger partial charge on any atom is 0.167 e. The molecule has 0 aliphatic rings. The number of ether oxygens (including phenoxy) is 1. The molecule has 3 nitrogen and oxygen atoms in total. The summed E-state index contributed by atoms with van der Waals surface area (Å²) in [5.41, 5.74) is 1.90. The lowest BCUT2D eigenvalue weighted by molar-refractivity contribution is 0.0896. The van der Waals surface area contributed by atoms with Crippen molar-refractivity contribution in [3.8, 4) is 5.75 Å². The topological polar surface area (TPSA) is 29.5 Å². The molecule has 0 spiro atoms. The summed E-state index contributed by atoms with van der Waals surface area (Å²) in [6.45, 7) is 0.727. The highest BCUT2D eigenvalue weighted by atomic mass is 35.5. The summed E-state index contributed by atoms with van der Waals surface area (Å²) < 4.78 is 5.22. The Labute approximate surface area is 144 Å². The van der Waals surface area contributed by atoms with Gasteiger partial charge in [0.05, 0.1) is 7.11 Å². The molecule has 0 aromatic heterocycles. The maximum absolute atomic E-state index is 12.9. The second-order valence-corrected chi connectivity index (χ2v) is 5.75. The van der Waals surface area contributed by atoms with E-state index in [4.69, 9.17) is 4.74 Å². The predicted molar refractivity (Wildman–Crippen MR) is 96.8 cm³/mol. The van der Waals surface area contributed by atoms with Crippen LogP contribution in [0.3, 0.4) is 0 Å². The van der Waals surface area contributed by atoms with Gasteiger partial charge in [0.2, 0.25) is 0 Å². The number of hydrogen-bond acceptors (Lipinski definition) is 3. The van der Waals surface area contributed by atoms with Crippen LogP contribution in [-0.4, -0.2) is 38.4 Å². The van der Waals surface area contributed by atoms with Crippen LogP contribution in [0.2, 0.25) is 0 Å². The molecule has 0 fully saturated rings. The summed E-state index contributed by atoms with van der Waals surface area (Å²) >= 11 is 0. The third kappa shape index (κ3) is 5.70. The molecule has 2 aromatic carbocycles. The molecule has 4 heteroatoms. The summed E-state index contributed by atoms with van der Waals surface area (Å²) in [6.07, 6.45) is 0.745. The highest BCUT2D eigenvalue weighted by Crippen LogP contribution is 2.19. The molecule has 124 valence electrons. The van der Waals surface area contributed by atoms with Crippen molar-refractivity contribution in [1.29, 1.82) is 0 Å². The Kier molecular flexibility index (Phi) is 7.79. The first kappa shape index (κ1) is 19.2. The van der Waals surface area contributed by atoms with E-state index in [9.17, 15) is 4.79 Å². The summed E-state index contributed by atoms with van der Waals surface area (Å²) in [5, 5.41) is 0. The van der Waals surface area contributed by atoms with E-state index < -0.39 is 0 Å². The Morgan fingerprint density at radius 3 is 2.39 bits per heavy atom. The average Bonchev–Trinajstić information content (AvgIpc) is 2.54. The largest absolute Gasteiger partial charge is 0.497 e. The van der Waals surface area contributed by atoms with Crippen LogP contribution in [0, 0.1) is 5.92 Å². The van der Waals surface area contributed by atoms with Crippen molar-refractivity contribution in [3.63, 3.8) is 0 Å². The summed E-state index contributed by atoms with van der Waals surface area (Å²) in [6, 6.07) is 17.6. The lowest BCUT2D eigenvalue weighted by Gasteiger charge is -2.20. The second kappa shape index (κ2) is 9.33. The average molecular weight is 334 g/mol. The number of methoxy groups -OCH3 is 1. The van der Waals surface area contributed by atoms with Crippen molar-refractivity contribution >= 4 is 18.2 Å². The zero-order valence-electron chi connectivity index (χ0n) is 13.9. The van der Waals surface area contributed by atoms with Crippen molar-refractivity contribution in [1.82, 2.24) is 4.90 Å². The normalized spacial score (nSPS) is 11.7. The lowest BCUT2D eigenvalue weighted by atomic mass is 9.91. The molecule has 0 radical (unpaired) electrons. The van der Waals surface area contributed by atoms with Crippen LogP contribution in [0.4, 0.5) is 0 Å². The number of rotatable bonds is 7. The Morgan fingerprint density at radius 2 is 1.78 bits per heavy atom. The van der Waals surface area contributed by atoms with Crippen molar-refractivity contribution < 1.29 is 9.53 Å². The van der Waals surface area contributed by atoms with Crippen LogP contribution in [0.5, 0.6) is 5.75 Å². The van der Waals surface area contributed by atoms with E-state index in [-0.39, 0.29) is 24.1 Å². The minimum Gasteiger partial charge on any atom is -0.497 e. The zero-order valence-corrected chi connectivity index (χ0v) is 14.7. The molecule has 2 rings (SSSR count). The van der Waals surface area contributed by atoms with E-state index in [2.05, 4.69) is 17.0 Å². The first-order chi connectivity index (χ1) is 10.6. The van der Waals surface area contributed by atoms with Crippen LogP contribution in [-0.2, 0) is 6.42 Å². The number of benzene rings is 2. The molecule has 0 aliphatic carbocycles. The van der Waals surface area contributed by atoms with Gasteiger partial charge < -0.3 is 9.64 Å². The van der Waals surface area contributed by atoms with Gasteiger partial charge in [-0.15, -0.1) is 12.4 Å². The van der Waals surface area contributed by atoms with Gasteiger partial charge in [-0.25, -0.2) is 0 Å². The fourth-order valence-electron chi connectivity index (χ4n) is 2.59. The fourth-order valence-corrected chi connectivity index (χ4v) is 2.59. The standard InChI is InChI=1S/C19H23NO2.ClH/c1-20(2)14-17(12-15-8-5-4-6-9-15)19(21)16-10-7-11-18(13-16)22-3;/h4-11,13,17H,12,14H2,1-3H3;1H/t17-;/m0./s1. The minimum absolute atomic E-state index is 0. The van der Waals surface area contributed by atoms with E-state index in [1.165, 1.54) is 5.56 Å². The third-order valence-corrected chi connectivity index (χ3v) is 3.64. The summed E-state index contributed by atoms with van der Waals surface area (Å²) in [5.74, 6) is 0.815. The van der Waals surface area contributed by atoms with E-state index in [1.807, 2.05) is 56.6 Å². The van der Waals surface area contributed by atoms with Gasteiger partial charge >= 0.3 is 0 Å². The molecular formula is C19H24ClNO2. The maximum atomic E-state index is 12.9.